The van der Waals surface area contributed by atoms with Crippen LogP contribution in [0.3, 0.4) is 0 Å². The van der Waals surface area contributed by atoms with E-state index in [0.717, 1.165) is 22.2 Å². The summed E-state index contributed by atoms with van der Waals surface area (Å²) in [6, 6.07) is 11.7. The van der Waals surface area contributed by atoms with E-state index in [1.807, 2.05) is 36.4 Å². The number of carbonyl (C=O) groups excluding carboxylic acids is 2. The molecule has 1 amide bonds. The number of rotatable bonds is 5. The van der Waals surface area contributed by atoms with Gasteiger partial charge in [0.1, 0.15) is 5.78 Å². The monoisotopic (exact) mass is 508 g/mol. The first kappa shape index (κ1) is 23.2. The lowest BCUT2D eigenvalue weighted by Gasteiger charge is -2.43. The molecule has 3 fully saturated rings. The zero-order chi connectivity index (χ0) is 25.0. The smallest absolute Gasteiger partial charge is 0.249 e. The summed E-state index contributed by atoms with van der Waals surface area (Å²) >= 11 is 1.48. The molecule has 1 saturated carbocycles. The number of hydrogen-bond donors (Lipinski definition) is 2. The average molecular weight is 509 g/mol. The number of methoxy groups -OCH3 is 3. The maximum Gasteiger partial charge on any atom is 0.249 e. The van der Waals surface area contributed by atoms with Crippen LogP contribution in [0.1, 0.15) is 24.3 Å². The Morgan fingerprint density at radius 3 is 2.50 bits per heavy atom. The maximum absolute atomic E-state index is 13.7. The van der Waals surface area contributed by atoms with Crippen molar-refractivity contribution in [2.45, 2.75) is 24.9 Å². The fourth-order valence-corrected chi connectivity index (χ4v) is 6.94. The second-order valence-electron chi connectivity index (χ2n) is 9.51. The minimum atomic E-state index is -0.357. The number of ether oxygens (including phenoxy) is 3. The van der Waals surface area contributed by atoms with E-state index < -0.39 is 0 Å². The van der Waals surface area contributed by atoms with Crippen LogP contribution in [0.2, 0.25) is 0 Å². The second kappa shape index (κ2) is 9.02. The van der Waals surface area contributed by atoms with Crippen LogP contribution in [0.4, 0.5) is 5.13 Å². The summed E-state index contributed by atoms with van der Waals surface area (Å²) in [5.74, 6) is 1.11. The number of nitrogens with one attached hydrogen (secondary N) is 2. The van der Waals surface area contributed by atoms with Crippen LogP contribution in [-0.4, -0.2) is 50.7 Å². The summed E-state index contributed by atoms with van der Waals surface area (Å²) in [5.41, 5.74) is 5.14. The number of hydrazine groups is 1. The first-order valence-electron chi connectivity index (χ1n) is 12.0. The predicted molar refractivity (Wildman–Crippen MR) is 136 cm³/mol. The molecule has 3 aromatic rings. The van der Waals surface area contributed by atoms with Gasteiger partial charge >= 0.3 is 0 Å². The topological polar surface area (TPSA) is 102 Å². The summed E-state index contributed by atoms with van der Waals surface area (Å²) in [4.78, 5) is 31.7. The molecule has 36 heavy (non-hydrogen) atoms. The molecular formula is C26H28N4O5S. The van der Waals surface area contributed by atoms with Gasteiger partial charge in [0.15, 0.2) is 11.5 Å². The standard InChI is InChI=1S/C26H28N4O5S/c1-33-19-10-14(11-20(34-2)23(19)35-3)13-8-15-16(18(31)9-13)12-27-24-22(15)25(32)30(29-24)26-28-17-6-4-5-7-21(17)36-26/h4-7,10-11,13,15-16,22,24,27,29H,8-9,12H2,1-3H3. The Morgan fingerprint density at radius 1 is 1.06 bits per heavy atom. The minimum Gasteiger partial charge on any atom is -0.493 e. The van der Waals surface area contributed by atoms with E-state index >= 15 is 0 Å². The number of piperidine rings is 1. The zero-order valence-corrected chi connectivity index (χ0v) is 21.1. The van der Waals surface area contributed by atoms with Gasteiger partial charge in [-0.2, -0.15) is 0 Å². The van der Waals surface area contributed by atoms with E-state index in [0.29, 0.717) is 35.3 Å². The quantitative estimate of drug-likeness (QED) is 0.542. The summed E-state index contributed by atoms with van der Waals surface area (Å²) in [5, 5.41) is 5.60. The van der Waals surface area contributed by atoms with E-state index in [4.69, 9.17) is 14.2 Å². The third-order valence-corrected chi connectivity index (χ3v) is 8.74. The lowest BCUT2D eigenvalue weighted by atomic mass is 9.64. The summed E-state index contributed by atoms with van der Waals surface area (Å²) in [6.07, 6.45) is 0.901. The zero-order valence-electron chi connectivity index (χ0n) is 20.3. The molecule has 0 spiro atoms. The first-order chi connectivity index (χ1) is 17.5. The number of para-hydroxylation sites is 1. The van der Waals surface area contributed by atoms with Crippen molar-refractivity contribution in [3.05, 3.63) is 42.0 Å². The number of ketones is 1. The van der Waals surface area contributed by atoms with Crippen molar-refractivity contribution in [3.8, 4) is 17.2 Å². The van der Waals surface area contributed by atoms with Crippen molar-refractivity contribution >= 4 is 38.4 Å². The summed E-state index contributed by atoms with van der Waals surface area (Å²) in [6.45, 7) is 0.556. The van der Waals surface area contributed by atoms with Crippen LogP contribution in [0, 0.1) is 17.8 Å². The van der Waals surface area contributed by atoms with Crippen LogP contribution >= 0.6 is 11.3 Å². The molecule has 2 aromatic carbocycles. The third kappa shape index (κ3) is 3.63. The number of thiazole rings is 1. The van der Waals surface area contributed by atoms with E-state index in [9.17, 15) is 9.59 Å². The molecule has 9 nitrogen and oxygen atoms in total. The maximum atomic E-state index is 13.7. The van der Waals surface area contributed by atoms with Crippen molar-refractivity contribution < 1.29 is 23.8 Å². The van der Waals surface area contributed by atoms with Gasteiger partial charge in [-0.25, -0.2) is 15.4 Å². The molecule has 0 radical (unpaired) electrons. The molecule has 5 unspecified atom stereocenters. The highest BCUT2D eigenvalue weighted by atomic mass is 32.1. The number of aromatic nitrogens is 1. The lowest BCUT2D eigenvalue weighted by Crippen LogP contribution is -2.57. The van der Waals surface area contributed by atoms with Gasteiger partial charge in [-0.3, -0.25) is 14.9 Å². The van der Waals surface area contributed by atoms with Gasteiger partial charge in [0, 0.05) is 18.9 Å². The number of Topliss-reactive ketones (excluding diaryl/α,β-unsaturated/α-hetero) is 1. The van der Waals surface area contributed by atoms with Gasteiger partial charge in [-0.05, 0) is 48.1 Å². The van der Waals surface area contributed by atoms with Crippen LogP contribution in [0.15, 0.2) is 36.4 Å². The number of hydrogen-bond acceptors (Lipinski definition) is 9. The van der Waals surface area contributed by atoms with Gasteiger partial charge in [0.05, 0.1) is 43.6 Å². The lowest BCUT2D eigenvalue weighted by molar-refractivity contribution is -0.133. The van der Waals surface area contributed by atoms with Gasteiger partial charge in [-0.15, -0.1) is 0 Å². The third-order valence-electron chi connectivity index (χ3n) is 7.72. The Balaban J connectivity index is 1.31. The molecular weight excluding hydrogens is 480 g/mol. The van der Waals surface area contributed by atoms with E-state index in [-0.39, 0.29) is 41.5 Å². The van der Waals surface area contributed by atoms with Crippen molar-refractivity contribution in [2.24, 2.45) is 17.8 Å². The summed E-state index contributed by atoms with van der Waals surface area (Å²) in [7, 11) is 4.74. The number of nitrogens with zero attached hydrogens (tertiary/aromatic N) is 2. The minimum absolute atomic E-state index is 0.0420. The molecule has 3 heterocycles. The highest BCUT2D eigenvalue weighted by Gasteiger charge is 2.54. The van der Waals surface area contributed by atoms with Crippen molar-refractivity contribution in [3.63, 3.8) is 0 Å². The second-order valence-corrected chi connectivity index (χ2v) is 10.5. The van der Waals surface area contributed by atoms with Crippen molar-refractivity contribution in [2.75, 3.05) is 32.9 Å². The molecule has 2 aliphatic heterocycles. The number of carbonyl (C=O) groups is 2. The molecule has 1 aliphatic carbocycles. The molecule has 6 rings (SSSR count). The van der Waals surface area contributed by atoms with E-state index in [2.05, 4.69) is 15.7 Å². The average Bonchev–Trinajstić information content (AvgIpc) is 3.48. The molecule has 1 aromatic heterocycles. The van der Waals surface area contributed by atoms with Crippen LogP contribution in [0.5, 0.6) is 17.2 Å². The van der Waals surface area contributed by atoms with Crippen LogP contribution in [0.25, 0.3) is 10.2 Å². The van der Waals surface area contributed by atoms with Crippen LogP contribution < -0.4 is 30.0 Å². The van der Waals surface area contributed by atoms with Crippen molar-refractivity contribution in [1.29, 1.82) is 0 Å². The Morgan fingerprint density at radius 2 is 1.81 bits per heavy atom. The molecule has 10 heteroatoms. The Labute approximate surface area is 212 Å². The molecule has 5 atom stereocenters. The van der Waals surface area contributed by atoms with Crippen molar-refractivity contribution in [1.82, 2.24) is 15.7 Å². The molecule has 2 saturated heterocycles. The molecule has 2 N–H and O–H groups in total. The van der Waals surface area contributed by atoms with Gasteiger partial charge in [0.2, 0.25) is 16.8 Å². The molecule has 0 bridgehead atoms. The number of fused-ring (bicyclic) bond motifs is 4. The fraction of sp³-hybridized carbons (Fsp3) is 0.423. The van der Waals surface area contributed by atoms with E-state index in [1.165, 1.54) is 11.3 Å². The fourth-order valence-electron chi connectivity index (χ4n) is 6.00. The SMILES string of the molecule is COc1cc(C2CC(=O)C3CNC4NN(c5nc6ccccc6s5)C(=O)C4C3C2)cc(OC)c1OC. The molecule has 188 valence electrons. The first-order valence-corrected chi connectivity index (χ1v) is 12.9. The Bertz CT molecular complexity index is 1280. The van der Waals surface area contributed by atoms with Crippen LogP contribution in [-0.2, 0) is 9.59 Å². The van der Waals surface area contributed by atoms with Gasteiger partial charge in [0.25, 0.3) is 0 Å². The predicted octanol–water partition coefficient (Wildman–Crippen LogP) is 3.10. The summed E-state index contributed by atoms with van der Waals surface area (Å²) < 4.78 is 17.6. The normalized spacial score (nSPS) is 27.6. The highest BCUT2D eigenvalue weighted by Crippen LogP contribution is 2.48. The Hall–Kier alpha value is -3.21. The largest absolute Gasteiger partial charge is 0.493 e. The number of benzene rings is 2. The number of anilines is 1. The van der Waals surface area contributed by atoms with Gasteiger partial charge < -0.3 is 14.2 Å². The van der Waals surface area contributed by atoms with Gasteiger partial charge in [-0.1, -0.05) is 23.5 Å². The molecule has 3 aliphatic rings. The highest BCUT2D eigenvalue weighted by molar-refractivity contribution is 7.22. The van der Waals surface area contributed by atoms with E-state index in [1.54, 1.807) is 26.3 Å². The number of amides is 1. The Kier molecular flexibility index (Phi) is 5.82.